The van der Waals surface area contributed by atoms with Gasteiger partial charge in [0, 0.05) is 24.9 Å². The number of carbonyl (C=O) groups is 1. The molecule has 0 atom stereocenters. The third-order valence-corrected chi connectivity index (χ3v) is 3.32. The van der Waals surface area contributed by atoms with Crippen LogP contribution < -0.4 is 0 Å². The van der Waals surface area contributed by atoms with Crippen LogP contribution in [0.15, 0.2) is 4.42 Å². The van der Waals surface area contributed by atoms with Crippen LogP contribution in [-0.4, -0.2) is 40.9 Å². The molecule has 0 unspecified atom stereocenters. The van der Waals surface area contributed by atoms with Crippen LogP contribution in [0.1, 0.15) is 57.2 Å². The highest BCUT2D eigenvalue weighted by atomic mass is 16.6. The third-order valence-electron chi connectivity index (χ3n) is 3.32. The maximum Gasteiger partial charge on any atom is 0.409 e. The van der Waals surface area contributed by atoms with Gasteiger partial charge in [-0.1, -0.05) is 13.8 Å². The standard InChI is InChI=1S/C13H21N3O3/c1-4-18-13(17)16-7-5-10(6-8-16)12-15-14-11(19-12)9(2)3/h9-10H,4-8H2,1-3H3. The molecule has 1 amide bonds. The normalized spacial score (nSPS) is 16.9. The van der Waals surface area contributed by atoms with E-state index >= 15 is 0 Å². The van der Waals surface area contributed by atoms with E-state index in [9.17, 15) is 4.79 Å². The van der Waals surface area contributed by atoms with Crippen LogP contribution in [0, 0.1) is 0 Å². The first-order valence-corrected chi connectivity index (χ1v) is 6.86. The summed E-state index contributed by atoms with van der Waals surface area (Å²) in [6, 6.07) is 0. The van der Waals surface area contributed by atoms with E-state index in [1.54, 1.807) is 4.90 Å². The maximum absolute atomic E-state index is 11.6. The van der Waals surface area contributed by atoms with Gasteiger partial charge in [0.1, 0.15) is 0 Å². The molecule has 1 aromatic heterocycles. The lowest BCUT2D eigenvalue weighted by Gasteiger charge is -2.29. The van der Waals surface area contributed by atoms with Crippen molar-refractivity contribution in [2.75, 3.05) is 19.7 Å². The first-order valence-electron chi connectivity index (χ1n) is 6.86. The number of ether oxygens (including phenoxy) is 1. The van der Waals surface area contributed by atoms with Crippen molar-refractivity contribution in [3.8, 4) is 0 Å². The van der Waals surface area contributed by atoms with Crippen molar-refractivity contribution in [3.05, 3.63) is 11.8 Å². The summed E-state index contributed by atoms with van der Waals surface area (Å²) in [7, 11) is 0. The molecule has 1 aliphatic rings. The largest absolute Gasteiger partial charge is 0.450 e. The number of aromatic nitrogens is 2. The number of rotatable bonds is 3. The molecule has 0 aliphatic carbocycles. The van der Waals surface area contributed by atoms with Crippen molar-refractivity contribution in [1.29, 1.82) is 0 Å². The molecule has 1 fully saturated rings. The van der Waals surface area contributed by atoms with Crippen LogP contribution in [0.25, 0.3) is 0 Å². The second kappa shape index (κ2) is 6.04. The number of nitrogens with zero attached hydrogens (tertiary/aromatic N) is 3. The second-order valence-electron chi connectivity index (χ2n) is 5.09. The van der Waals surface area contributed by atoms with E-state index < -0.39 is 0 Å². The Morgan fingerprint density at radius 1 is 1.42 bits per heavy atom. The fourth-order valence-electron chi connectivity index (χ4n) is 2.17. The summed E-state index contributed by atoms with van der Waals surface area (Å²) in [6.07, 6.45) is 1.46. The molecule has 0 spiro atoms. The van der Waals surface area contributed by atoms with Gasteiger partial charge in [-0.15, -0.1) is 10.2 Å². The molecule has 2 rings (SSSR count). The van der Waals surface area contributed by atoms with Gasteiger partial charge in [0.25, 0.3) is 0 Å². The molecule has 0 saturated carbocycles. The highest BCUT2D eigenvalue weighted by Crippen LogP contribution is 2.28. The number of carbonyl (C=O) groups excluding carboxylic acids is 1. The van der Waals surface area contributed by atoms with Crippen molar-refractivity contribution in [2.45, 2.75) is 45.4 Å². The van der Waals surface area contributed by atoms with Crippen LogP contribution in [0.4, 0.5) is 4.79 Å². The summed E-state index contributed by atoms with van der Waals surface area (Å²) in [5, 5.41) is 8.17. The van der Waals surface area contributed by atoms with E-state index in [0.717, 1.165) is 12.8 Å². The van der Waals surface area contributed by atoms with E-state index in [0.29, 0.717) is 31.5 Å². The van der Waals surface area contributed by atoms with Gasteiger partial charge in [0.15, 0.2) is 0 Å². The van der Waals surface area contributed by atoms with E-state index in [1.165, 1.54) is 0 Å². The van der Waals surface area contributed by atoms with Crippen LogP contribution in [0.2, 0.25) is 0 Å². The van der Waals surface area contributed by atoms with Gasteiger partial charge in [-0.3, -0.25) is 0 Å². The summed E-state index contributed by atoms with van der Waals surface area (Å²) in [4.78, 5) is 13.3. The third kappa shape index (κ3) is 3.24. The van der Waals surface area contributed by atoms with Crippen molar-refractivity contribution < 1.29 is 13.9 Å². The van der Waals surface area contributed by atoms with Crippen molar-refractivity contribution >= 4 is 6.09 Å². The Morgan fingerprint density at radius 2 is 2.11 bits per heavy atom. The number of hydrogen-bond donors (Lipinski definition) is 0. The predicted molar refractivity (Wildman–Crippen MR) is 69.0 cm³/mol. The van der Waals surface area contributed by atoms with E-state index in [4.69, 9.17) is 9.15 Å². The fourth-order valence-corrected chi connectivity index (χ4v) is 2.17. The molecule has 0 N–H and O–H groups in total. The van der Waals surface area contributed by atoms with Gasteiger partial charge < -0.3 is 14.1 Å². The van der Waals surface area contributed by atoms with Gasteiger partial charge in [0.2, 0.25) is 11.8 Å². The molecule has 1 aliphatic heterocycles. The average molecular weight is 267 g/mol. The van der Waals surface area contributed by atoms with Gasteiger partial charge >= 0.3 is 6.09 Å². The first-order chi connectivity index (χ1) is 9.11. The smallest absolute Gasteiger partial charge is 0.409 e. The molecule has 1 aromatic rings. The zero-order valence-corrected chi connectivity index (χ0v) is 11.8. The zero-order chi connectivity index (χ0) is 13.8. The van der Waals surface area contributed by atoms with Crippen LogP contribution in [0.5, 0.6) is 0 Å². The minimum atomic E-state index is -0.227. The highest BCUT2D eigenvalue weighted by Gasteiger charge is 2.28. The minimum absolute atomic E-state index is 0.227. The minimum Gasteiger partial charge on any atom is -0.450 e. The van der Waals surface area contributed by atoms with Crippen molar-refractivity contribution in [1.82, 2.24) is 15.1 Å². The van der Waals surface area contributed by atoms with Crippen molar-refractivity contribution in [2.24, 2.45) is 0 Å². The monoisotopic (exact) mass is 267 g/mol. The van der Waals surface area contributed by atoms with E-state index in [-0.39, 0.29) is 17.9 Å². The number of likely N-dealkylation sites (tertiary alicyclic amines) is 1. The SMILES string of the molecule is CCOC(=O)N1CCC(c2nnc(C(C)C)o2)CC1. The molecule has 0 radical (unpaired) electrons. The number of piperidine rings is 1. The molecule has 2 heterocycles. The average Bonchev–Trinajstić information content (AvgIpc) is 2.89. The Labute approximate surface area is 113 Å². The topological polar surface area (TPSA) is 68.5 Å². The van der Waals surface area contributed by atoms with Gasteiger partial charge in [-0.05, 0) is 19.8 Å². The summed E-state index contributed by atoms with van der Waals surface area (Å²) in [6.45, 7) is 7.66. The fraction of sp³-hybridized carbons (Fsp3) is 0.769. The van der Waals surface area contributed by atoms with E-state index in [1.807, 2.05) is 20.8 Å². The van der Waals surface area contributed by atoms with E-state index in [2.05, 4.69) is 10.2 Å². The number of amides is 1. The quantitative estimate of drug-likeness (QED) is 0.841. The lowest BCUT2D eigenvalue weighted by molar-refractivity contribution is 0.0953. The molecule has 106 valence electrons. The predicted octanol–water partition coefficient (Wildman–Crippen LogP) is 2.53. The molecular formula is C13H21N3O3. The Bertz CT molecular complexity index is 423. The lowest BCUT2D eigenvalue weighted by Crippen LogP contribution is -2.38. The van der Waals surface area contributed by atoms with Crippen LogP contribution >= 0.6 is 0 Å². The lowest BCUT2D eigenvalue weighted by atomic mass is 9.97. The number of hydrogen-bond acceptors (Lipinski definition) is 5. The Kier molecular flexibility index (Phi) is 4.39. The van der Waals surface area contributed by atoms with Gasteiger partial charge in [-0.25, -0.2) is 4.79 Å². The molecule has 19 heavy (non-hydrogen) atoms. The molecule has 1 saturated heterocycles. The molecule has 6 nitrogen and oxygen atoms in total. The second-order valence-corrected chi connectivity index (χ2v) is 5.09. The van der Waals surface area contributed by atoms with Gasteiger partial charge in [-0.2, -0.15) is 0 Å². The van der Waals surface area contributed by atoms with Crippen LogP contribution in [-0.2, 0) is 4.74 Å². The molecular weight excluding hydrogens is 246 g/mol. The maximum atomic E-state index is 11.6. The highest BCUT2D eigenvalue weighted by molar-refractivity contribution is 5.67. The Hall–Kier alpha value is -1.59. The molecule has 0 bridgehead atoms. The van der Waals surface area contributed by atoms with Gasteiger partial charge in [0.05, 0.1) is 6.61 Å². The molecule has 0 aromatic carbocycles. The zero-order valence-electron chi connectivity index (χ0n) is 11.8. The van der Waals surface area contributed by atoms with Crippen LogP contribution in [0.3, 0.4) is 0 Å². The van der Waals surface area contributed by atoms with Crippen molar-refractivity contribution in [3.63, 3.8) is 0 Å². The Morgan fingerprint density at radius 3 is 2.63 bits per heavy atom. The summed E-state index contributed by atoms with van der Waals surface area (Å²) >= 11 is 0. The Balaban J connectivity index is 1.90. The first kappa shape index (κ1) is 13.8. The summed E-state index contributed by atoms with van der Waals surface area (Å²) in [5.41, 5.74) is 0. The summed E-state index contributed by atoms with van der Waals surface area (Å²) < 4.78 is 10.7. The molecule has 6 heteroatoms. The summed E-state index contributed by atoms with van der Waals surface area (Å²) in [5.74, 6) is 1.89.